The fourth-order valence-electron chi connectivity index (χ4n) is 1.39. The van der Waals surface area contributed by atoms with E-state index >= 15 is 0 Å². The number of nitrogens with zero attached hydrogens (tertiary/aromatic N) is 1. The Morgan fingerprint density at radius 2 is 2.33 bits per heavy atom. The number of hydrogen-bond donors (Lipinski definition) is 0. The second-order valence-electron chi connectivity index (χ2n) is 3.49. The predicted molar refractivity (Wildman–Crippen MR) is 64.2 cm³/mol. The molecule has 78 valence electrons. The van der Waals surface area contributed by atoms with Crippen molar-refractivity contribution in [3.05, 3.63) is 46.7 Å². The van der Waals surface area contributed by atoms with Crippen LogP contribution in [0.1, 0.15) is 12.1 Å². The van der Waals surface area contributed by atoms with Gasteiger partial charge in [-0.2, -0.15) is 0 Å². The van der Waals surface area contributed by atoms with E-state index < -0.39 is 0 Å². The van der Waals surface area contributed by atoms with Crippen molar-refractivity contribution in [3.8, 4) is 5.75 Å². The van der Waals surface area contributed by atoms with E-state index in [1.165, 1.54) is 0 Å². The minimum atomic E-state index is 0.105. The fraction of sp³-hybridized carbons (Fsp3) is 0.250. The maximum Gasteiger partial charge on any atom is 0.138 e. The van der Waals surface area contributed by atoms with Crippen LogP contribution in [0.3, 0.4) is 0 Å². The number of rotatable bonds is 2. The fourth-order valence-corrected chi connectivity index (χ4v) is 1.86. The van der Waals surface area contributed by atoms with Crippen LogP contribution in [0.4, 0.5) is 0 Å². The number of aryl methyl sites for hydroxylation is 1. The van der Waals surface area contributed by atoms with Crippen molar-refractivity contribution in [1.29, 1.82) is 0 Å². The van der Waals surface area contributed by atoms with Crippen molar-refractivity contribution in [2.45, 2.75) is 19.4 Å². The van der Waals surface area contributed by atoms with E-state index in [1.807, 2.05) is 37.3 Å². The lowest BCUT2D eigenvalue weighted by Gasteiger charge is -2.17. The molecule has 1 unspecified atom stereocenters. The molecule has 3 heteroatoms. The molecule has 2 rings (SSSR count). The molecule has 0 saturated carbocycles. The van der Waals surface area contributed by atoms with Gasteiger partial charge in [0.25, 0.3) is 0 Å². The largest absolute Gasteiger partial charge is 0.484 e. The van der Waals surface area contributed by atoms with Crippen molar-refractivity contribution >= 4 is 15.9 Å². The molecular formula is C12H12BrNO. The van der Waals surface area contributed by atoms with Gasteiger partial charge in [0.1, 0.15) is 11.9 Å². The topological polar surface area (TPSA) is 22.1 Å². The Hall–Kier alpha value is -1.09. The van der Waals surface area contributed by atoms with Crippen molar-refractivity contribution in [2.75, 3.05) is 0 Å². The molecule has 1 aromatic rings. The molecule has 0 aliphatic heterocycles. The van der Waals surface area contributed by atoms with E-state index in [0.29, 0.717) is 0 Å². The molecule has 0 fully saturated rings. The molecule has 0 radical (unpaired) electrons. The van der Waals surface area contributed by atoms with E-state index in [9.17, 15) is 0 Å². The molecule has 1 aliphatic rings. The number of allylic oxidation sites excluding steroid dienone is 2. The summed E-state index contributed by atoms with van der Waals surface area (Å²) in [6.45, 7) is 1.96. The molecule has 0 spiro atoms. The maximum atomic E-state index is 5.76. The quantitative estimate of drug-likeness (QED) is 0.818. The number of ether oxygens (including phenoxy) is 1. The van der Waals surface area contributed by atoms with Crippen LogP contribution in [0.25, 0.3) is 0 Å². The smallest absolute Gasteiger partial charge is 0.138 e. The summed E-state index contributed by atoms with van der Waals surface area (Å²) in [5.74, 6) is 0.817. The van der Waals surface area contributed by atoms with Crippen molar-refractivity contribution in [1.82, 2.24) is 4.98 Å². The zero-order valence-electron chi connectivity index (χ0n) is 8.48. The van der Waals surface area contributed by atoms with E-state index in [4.69, 9.17) is 4.74 Å². The minimum Gasteiger partial charge on any atom is -0.484 e. The van der Waals surface area contributed by atoms with Gasteiger partial charge in [0.2, 0.25) is 0 Å². The Morgan fingerprint density at radius 3 is 3.00 bits per heavy atom. The Labute approximate surface area is 97.8 Å². The predicted octanol–water partition coefficient (Wildman–Crippen LogP) is 3.38. The molecule has 0 N–H and O–H groups in total. The van der Waals surface area contributed by atoms with Crippen LogP contribution in [-0.4, -0.2) is 11.1 Å². The molecule has 1 aliphatic carbocycles. The second-order valence-corrected chi connectivity index (χ2v) is 4.51. The van der Waals surface area contributed by atoms with Crippen LogP contribution in [0, 0.1) is 6.92 Å². The number of hydrogen-bond acceptors (Lipinski definition) is 2. The highest BCUT2D eigenvalue weighted by Gasteiger charge is 2.11. The van der Waals surface area contributed by atoms with Crippen molar-refractivity contribution in [3.63, 3.8) is 0 Å². The van der Waals surface area contributed by atoms with Gasteiger partial charge in [0, 0.05) is 12.1 Å². The van der Waals surface area contributed by atoms with Crippen LogP contribution in [0.15, 0.2) is 41.0 Å². The Bertz CT molecular complexity index is 395. The third kappa shape index (κ3) is 2.93. The molecule has 0 amide bonds. The molecule has 2 nitrogen and oxygen atoms in total. The molecule has 0 aromatic carbocycles. The maximum absolute atomic E-state index is 5.76. The van der Waals surface area contributed by atoms with Crippen molar-refractivity contribution in [2.24, 2.45) is 0 Å². The second kappa shape index (κ2) is 4.62. The van der Waals surface area contributed by atoms with E-state index in [2.05, 4.69) is 20.9 Å². The first-order chi connectivity index (χ1) is 7.24. The zero-order valence-corrected chi connectivity index (χ0v) is 10.1. The van der Waals surface area contributed by atoms with E-state index in [-0.39, 0.29) is 6.10 Å². The first-order valence-corrected chi connectivity index (χ1v) is 5.65. The Kier molecular flexibility index (Phi) is 3.21. The lowest BCUT2D eigenvalue weighted by atomic mass is 10.1. The normalized spacial score (nSPS) is 19.9. The molecule has 0 bridgehead atoms. The summed E-state index contributed by atoms with van der Waals surface area (Å²) in [5.41, 5.74) is 1.00. The third-order valence-corrected chi connectivity index (χ3v) is 2.76. The van der Waals surface area contributed by atoms with Gasteiger partial charge in [0.05, 0.1) is 6.20 Å². The zero-order chi connectivity index (χ0) is 10.7. The average Bonchev–Trinajstić information content (AvgIpc) is 2.22. The Morgan fingerprint density at radius 1 is 1.47 bits per heavy atom. The highest BCUT2D eigenvalue weighted by Crippen LogP contribution is 2.22. The van der Waals surface area contributed by atoms with Gasteiger partial charge in [-0.15, -0.1) is 0 Å². The van der Waals surface area contributed by atoms with Gasteiger partial charge < -0.3 is 4.74 Å². The monoisotopic (exact) mass is 265 g/mol. The van der Waals surface area contributed by atoms with Crippen LogP contribution in [-0.2, 0) is 0 Å². The lowest BCUT2D eigenvalue weighted by Crippen LogP contribution is -2.15. The number of halogens is 1. The van der Waals surface area contributed by atoms with Gasteiger partial charge in [-0.3, -0.25) is 4.98 Å². The molecular weight excluding hydrogens is 254 g/mol. The summed E-state index contributed by atoms with van der Waals surface area (Å²) < 4.78 is 6.92. The van der Waals surface area contributed by atoms with Gasteiger partial charge >= 0.3 is 0 Å². The molecule has 15 heavy (non-hydrogen) atoms. The van der Waals surface area contributed by atoms with Crippen LogP contribution in [0.5, 0.6) is 5.75 Å². The summed E-state index contributed by atoms with van der Waals surface area (Å²) >= 11 is 3.47. The summed E-state index contributed by atoms with van der Waals surface area (Å²) in [6, 6.07) is 3.90. The highest BCUT2D eigenvalue weighted by atomic mass is 79.9. The molecule has 0 saturated heterocycles. The van der Waals surface area contributed by atoms with Gasteiger partial charge in [-0.1, -0.05) is 28.1 Å². The van der Waals surface area contributed by atoms with Gasteiger partial charge in [0.15, 0.2) is 0 Å². The molecule has 1 aromatic heterocycles. The molecule has 1 heterocycles. The average molecular weight is 266 g/mol. The highest BCUT2D eigenvalue weighted by molar-refractivity contribution is 9.11. The van der Waals surface area contributed by atoms with Gasteiger partial charge in [-0.05, 0) is 29.6 Å². The van der Waals surface area contributed by atoms with E-state index in [0.717, 1.165) is 22.3 Å². The summed E-state index contributed by atoms with van der Waals surface area (Å²) in [7, 11) is 0. The van der Waals surface area contributed by atoms with E-state index in [1.54, 1.807) is 6.20 Å². The third-order valence-electron chi connectivity index (χ3n) is 2.17. The van der Waals surface area contributed by atoms with Gasteiger partial charge in [-0.25, -0.2) is 0 Å². The summed E-state index contributed by atoms with van der Waals surface area (Å²) in [5, 5.41) is 0. The lowest BCUT2D eigenvalue weighted by molar-refractivity contribution is 0.250. The first kappa shape index (κ1) is 10.4. The van der Waals surface area contributed by atoms with Crippen LogP contribution in [0.2, 0.25) is 0 Å². The number of pyridine rings is 1. The van der Waals surface area contributed by atoms with Crippen LogP contribution >= 0.6 is 15.9 Å². The van der Waals surface area contributed by atoms with Crippen LogP contribution < -0.4 is 4.74 Å². The Balaban J connectivity index is 2.01. The first-order valence-electron chi connectivity index (χ1n) is 4.86. The standard InChI is InChI=1S/C12H12BrNO/c1-9-5-6-12(8-14-9)15-11-4-2-3-10(13)7-11/h2-6,8,11H,7H2,1H3. The summed E-state index contributed by atoms with van der Waals surface area (Å²) in [6.07, 6.45) is 8.83. The SMILES string of the molecule is Cc1ccc(OC2C=CC=C(Br)C2)cn1. The molecule has 1 atom stereocenters. The minimum absolute atomic E-state index is 0.105. The summed E-state index contributed by atoms with van der Waals surface area (Å²) in [4.78, 5) is 4.19. The number of aromatic nitrogens is 1. The van der Waals surface area contributed by atoms with Crippen molar-refractivity contribution < 1.29 is 4.74 Å².